The van der Waals surface area contributed by atoms with Gasteiger partial charge in [-0.3, -0.25) is 9.48 Å². The number of rotatable bonds is 3. The lowest BCUT2D eigenvalue weighted by molar-refractivity contribution is 0.0994. The fraction of sp³-hybridized carbons (Fsp3) is 0.429. The summed E-state index contributed by atoms with van der Waals surface area (Å²) < 4.78 is 1.84. The van der Waals surface area contributed by atoms with Crippen LogP contribution in [0.5, 0.6) is 0 Å². The maximum atomic E-state index is 11.0. The van der Waals surface area contributed by atoms with Crippen LogP contribution in [0.2, 0.25) is 0 Å². The third-order valence-corrected chi connectivity index (χ3v) is 3.87. The van der Waals surface area contributed by atoms with E-state index in [1.165, 1.54) is 0 Å². The SMILES string of the molecule is Cn1ccc(C2CCN(c3ccc(C(N)=O)nn3)CC2)n1. The molecule has 3 heterocycles. The van der Waals surface area contributed by atoms with Crippen molar-refractivity contribution in [2.24, 2.45) is 12.8 Å². The van der Waals surface area contributed by atoms with E-state index in [1.807, 2.05) is 17.9 Å². The first kappa shape index (κ1) is 13.5. The van der Waals surface area contributed by atoms with Crippen molar-refractivity contribution in [3.63, 3.8) is 0 Å². The number of piperidine rings is 1. The van der Waals surface area contributed by atoms with E-state index in [2.05, 4.69) is 26.3 Å². The molecule has 0 bridgehead atoms. The molecule has 0 saturated carbocycles. The first-order chi connectivity index (χ1) is 10.1. The third kappa shape index (κ3) is 2.86. The molecule has 1 aliphatic rings. The van der Waals surface area contributed by atoms with E-state index in [0.717, 1.165) is 37.4 Å². The van der Waals surface area contributed by atoms with Crippen LogP contribution in [0.15, 0.2) is 24.4 Å². The number of aromatic nitrogens is 4. The van der Waals surface area contributed by atoms with E-state index < -0.39 is 5.91 Å². The van der Waals surface area contributed by atoms with Crippen LogP contribution in [0.4, 0.5) is 5.82 Å². The monoisotopic (exact) mass is 286 g/mol. The molecule has 110 valence electrons. The van der Waals surface area contributed by atoms with Crippen molar-refractivity contribution in [1.29, 1.82) is 0 Å². The Morgan fingerprint density at radius 1 is 1.24 bits per heavy atom. The minimum absolute atomic E-state index is 0.196. The first-order valence-electron chi connectivity index (χ1n) is 7.01. The highest BCUT2D eigenvalue weighted by Crippen LogP contribution is 2.28. The van der Waals surface area contributed by atoms with Gasteiger partial charge in [-0.25, -0.2) is 0 Å². The molecule has 2 aromatic heterocycles. The second-order valence-electron chi connectivity index (χ2n) is 5.32. The van der Waals surface area contributed by atoms with Crippen molar-refractivity contribution in [3.05, 3.63) is 35.8 Å². The lowest BCUT2D eigenvalue weighted by Gasteiger charge is -2.31. The van der Waals surface area contributed by atoms with E-state index in [4.69, 9.17) is 5.73 Å². The number of hydrogen-bond donors (Lipinski definition) is 1. The molecule has 2 N–H and O–H groups in total. The van der Waals surface area contributed by atoms with Crippen molar-refractivity contribution in [1.82, 2.24) is 20.0 Å². The Morgan fingerprint density at radius 3 is 2.52 bits per heavy atom. The molecule has 7 heteroatoms. The van der Waals surface area contributed by atoms with Crippen LogP contribution < -0.4 is 10.6 Å². The highest BCUT2D eigenvalue weighted by molar-refractivity contribution is 5.90. The predicted octanol–water partition coefficient (Wildman–Crippen LogP) is 0.693. The standard InChI is InChI=1S/C14H18N6O/c1-19-7-6-11(18-19)10-4-8-20(9-5-10)13-3-2-12(14(15)21)16-17-13/h2-3,6-7,10H,4-5,8-9H2,1H3,(H2,15,21). The van der Waals surface area contributed by atoms with Gasteiger partial charge in [0, 0.05) is 32.3 Å². The quantitative estimate of drug-likeness (QED) is 0.896. The van der Waals surface area contributed by atoms with Crippen molar-refractivity contribution >= 4 is 11.7 Å². The molecular formula is C14H18N6O. The second kappa shape index (κ2) is 5.51. The molecule has 0 spiro atoms. The molecule has 0 atom stereocenters. The van der Waals surface area contributed by atoms with Gasteiger partial charge < -0.3 is 10.6 Å². The van der Waals surface area contributed by atoms with E-state index >= 15 is 0 Å². The summed E-state index contributed by atoms with van der Waals surface area (Å²) in [6.07, 6.45) is 4.06. The van der Waals surface area contributed by atoms with Crippen LogP contribution in [0.3, 0.4) is 0 Å². The summed E-state index contributed by atoms with van der Waals surface area (Å²) in [7, 11) is 1.94. The van der Waals surface area contributed by atoms with Crippen LogP contribution >= 0.6 is 0 Å². The van der Waals surface area contributed by atoms with Crippen LogP contribution in [0, 0.1) is 0 Å². The lowest BCUT2D eigenvalue weighted by atomic mass is 9.94. The Hall–Kier alpha value is -2.44. The fourth-order valence-corrected chi connectivity index (χ4v) is 2.68. The van der Waals surface area contributed by atoms with Crippen LogP contribution in [-0.2, 0) is 7.05 Å². The number of aryl methyl sites for hydroxylation is 1. The van der Waals surface area contributed by atoms with E-state index in [1.54, 1.807) is 12.1 Å². The van der Waals surface area contributed by atoms with Gasteiger partial charge in [0.05, 0.1) is 5.69 Å². The number of nitrogens with two attached hydrogens (primary N) is 1. The minimum atomic E-state index is -0.553. The largest absolute Gasteiger partial charge is 0.364 e. The number of carbonyl (C=O) groups excluding carboxylic acids is 1. The molecule has 0 aliphatic carbocycles. The van der Waals surface area contributed by atoms with Crippen LogP contribution in [0.1, 0.15) is 34.9 Å². The maximum Gasteiger partial charge on any atom is 0.269 e. The lowest BCUT2D eigenvalue weighted by Crippen LogP contribution is -2.34. The van der Waals surface area contributed by atoms with Gasteiger partial charge in [0.1, 0.15) is 0 Å². The summed E-state index contributed by atoms with van der Waals surface area (Å²) in [5.74, 6) is 0.739. The van der Waals surface area contributed by atoms with Gasteiger partial charge in [0.15, 0.2) is 11.5 Å². The summed E-state index contributed by atoms with van der Waals surface area (Å²) in [4.78, 5) is 13.2. The van der Waals surface area contributed by atoms with Gasteiger partial charge in [-0.05, 0) is 31.0 Å². The van der Waals surface area contributed by atoms with Crippen LogP contribution in [-0.4, -0.2) is 39.0 Å². The Kier molecular flexibility index (Phi) is 3.55. The molecule has 3 rings (SSSR count). The molecule has 7 nitrogen and oxygen atoms in total. The number of nitrogens with zero attached hydrogens (tertiary/aromatic N) is 5. The molecule has 1 saturated heterocycles. The fourth-order valence-electron chi connectivity index (χ4n) is 2.68. The highest BCUT2D eigenvalue weighted by Gasteiger charge is 2.23. The topological polar surface area (TPSA) is 89.9 Å². The smallest absolute Gasteiger partial charge is 0.269 e. The predicted molar refractivity (Wildman–Crippen MR) is 77.9 cm³/mol. The summed E-state index contributed by atoms with van der Waals surface area (Å²) in [5, 5.41) is 12.4. The number of anilines is 1. The molecule has 1 fully saturated rings. The zero-order valence-corrected chi connectivity index (χ0v) is 11.9. The van der Waals surface area contributed by atoms with E-state index in [-0.39, 0.29) is 5.69 Å². The molecule has 1 amide bonds. The van der Waals surface area contributed by atoms with E-state index in [9.17, 15) is 4.79 Å². The molecule has 0 unspecified atom stereocenters. The molecule has 1 aliphatic heterocycles. The van der Waals surface area contributed by atoms with Gasteiger partial charge in [0.2, 0.25) is 0 Å². The normalized spacial score (nSPS) is 16.1. The average molecular weight is 286 g/mol. The second-order valence-corrected chi connectivity index (χ2v) is 5.32. The summed E-state index contributed by atoms with van der Waals surface area (Å²) in [6.45, 7) is 1.82. The van der Waals surface area contributed by atoms with Gasteiger partial charge in [-0.1, -0.05) is 0 Å². The molecule has 0 radical (unpaired) electrons. The van der Waals surface area contributed by atoms with Crippen molar-refractivity contribution in [2.45, 2.75) is 18.8 Å². The molecule has 0 aromatic carbocycles. The summed E-state index contributed by atoms with van der Waals surface area (Å²) in [5.41, 5.74) is 6.52. The van der Waals surface area contributed by atoms with E-state index in [0.29, 0.717) is 5.92 Å². The van der Waals surface area contributed by atoms with Crippen molar-refractivity contribution in [3.8, 4) is 0 Å². The van der Waals surface area contributed by atoms with Gasteiger partial charge in [-0.2, -0.15) is 5.10 Å². The average Bonchev–Trinajstić information content (AvgIpc) is 2.94. The Morgan fingerprint density at radius 2 is 2.00 bits per heavy atom. The van der Waals surface area contributed by atoms with Crippen molar-refractivity contribution < 1.29 is 4.79 Å². The van der Waals surface area contributed by atoms with Gasteiger partial charge >= 0.3 is 0 Å². The minimum Gasteiger partial charge on any atom is -0.364 e. The molecule has 21 heavy (non-hydrogen) atoms. The highest BCUT2D eigenvalue weighted by atomic mass is 16.1. The van der Waals surface area contributed by atoms with Gasteiger partial charge in [0.25, 0.3) is 5.91 Å². The Labute approximate surface area is 122 Å². The zero-order chi connectivity index (χ0) is 14.8. The van der Waals surface area contributed by atoms with Gasteiger partial charge in [-0.15, -0.1) is 10.2 Å². The number of amides is 1. The first-order valence-corrected chi connectivity index (χ1v) is 7.01. The Balaban J connectivity index is 1.64. The third-order valence-electron chi connectivity index (χ3n) is 3.87. The number of primary amides is 1. The zero-order valence-electron chi connectivity index (χ0n) is 11.9. The maximum absolute atomic E-state index is 11.0. The number of carbonyl (C=O) groups is 1. The summed E-state index contributed by atoms with van der Waals surface area (Å²) in [6, 6.07) is 5.51. The summed E-state index contributed by atoms with van der Waals surface area (Å²) >= 11 is 0. The Bertz CT molecular complexity index is 627. The van der Waals surface area contributed by atoms with Crippen LogP contribution in [0.25, 0.3) is 0 Å². The number of hydrogen-bond acceptors (Lipinski definition) is 5. The molecular weight excluding hydrogens is 268 g/mol. The molecule has 2 aromatic rings. The van der Waals surface area contributed by atoms with Crippen molar-refractivity contribution in [2.75, 3.05) is 18.0 Å².